The molecule has 0 fully saturated rings. The SMILES string of the molecule is COc1ccc(-c2csc(NC(=O)c3c(C)nn(-c4ccc(F)cc4)c3Cl)n2)cc1OC. The van der Waals surface area contributed by atoms with Crippen molar-refractivity contribution >= 4 is 34.0 Å². The molecule has 10 heteroatoms. The number of carbonyl (C=O) groups is 1. The first-order chi connectivity index (χ1) is 15.4. The molecular weight excluding hydrogens is 455 g/mol. The molecule has 0 unspecified atom stereocenters. The van der Waals surface area contributed by atoms with Gasteiger partial charge in [0.05, 0.1) is 31.3 Å². The van der Waals surface area contributed by atoms with Crippen LogP contribution in [0.3, 0.4) is 0 Å². The number of anilines is 1. The molecule has 0 bridgehead atoms. The van der Waals surface area contributed by atoms with Gasteiger partial charge in [-0.15, -0.1) is 11.3 Å². The average molecular weight is 473 g/mol. The predicted molar refractivity (Wildman–Crippen MR) is 122 cm³/mol. The molecule has 0 aliphatic heterocycles. The largest absolute Gasteiger partial charge is 0.493 e. The molecule has 0 aliphatic rings. The second-order valence-corrected chi connectivity index (χ2v) is 7.92. The smallest absolute Gasteiger partial charge is 0.262 e. The van der Waals surface area contributed by atoms with Gasteiger partial charge in [-0.2, -0.15) is 5.10 Å². The van der Waals surface area contributed by atoms with Crippen LogP contribution in [-0.4, -0.2) is 34.9 Å². The van der Waals surface area contributed by atoms with Crippen molar-refractivity contribution in [2.24, 2.45) is 0 Å². The van der Waals surface area contributed by atoms with Gasteiger partial charge in [0, 0.05) is 10.9 Å². The van der Waals surface area contributed by atoms with Crippen molar-refractivity contribution in [3.8, 4) is 28.4 Å². The van der Waals surface area contributed by atoms with E-state index >= 15 is 0 Å². The summed E-state index contributed by atoms with van der Waals surface area (Å²) < 4.78 is 25.2. The van der Waals surface area contributed by atoms with Crippen molar-refractivity contribution in [2.75, 3.05) is 19.5 Å². The van der Waals surface area contributed by atoms with Gasteiger partial charge in [0.2, 0.25) is 0 Å². The Balaban J connectivity index is 1.57. The van der Waals surface area contributed by atoms with Gasteiger partial charge in [-0.05, 0) is 49.4 Å². The maximum atomic E-state index is 13.2. The number of aromatic nitrogens is 3. The van der Waals surface area contributed by atoms with Crippen LogP contribution in [0.1, 0.15) is 16.1 Å². The van der Waals surface area contributed by atoms with Crippen molar-refractivity contribution in [3.05, 3.63) is 70.1 Å². The average Bonchev–Trinajstić information content (AvgIpc) is 3.37. The summed E-state index contributed by atoms with van der Waals surface area (Å²) in [6.07, 6.45) is 0. The van der Waals surface area contributed by atoms with E-state index in [0.29, 0.717) is 33.7 Å². The third kappa shape index (κ3) is 4.17. The number of nitrogens with zero attached hydrogens (tertiary/aromatic N) is 3. The van der Waals surface area contributed by atoms with Gasteiger partial charge in [0.1, 0.15) is 16.5 Å². The summed E-state index contributed by atoms with van der Waals surface area (Å²) in [5.41, 5.74) is 2.70. The van der Waals surface area contributed by atoms with Crippen LogP contribution in [0.25, 0.3) is 16.9 Å². The minimum absolute atomic E-state index is 0.128. The molecule has 0 saturated heterocycles. The summed E-state index contributed by atoms with van der Waals surface area (Å²) in [7, 11) is 3.13. The number of methoxy groups -OCH3 is 2. The van der Waals surface area contributed by atoms with Gasteiger partial charge >= 0.3 is 0 Å². The molecule has 164 valence electrons. The number of nitrogens with one attached hydrogen (secondary N) is 1. The van der Waals surface area contributed by atoms with Crippen molar-refractivity contribution in [1.29, 1.82) is 0 Å². The van der Waals surface area contributed by atoms with Crippen molar-refractivity contribution in [1.82, 2.24) is 14.8 Å². The normalized spacial score (nSPS) is 10.8. The zero-order valence-corrected chi connectivity index (χ0v) is 18.9. The molecule has 0 aliphatic carbocycles. The minimum atomic E-state index is -0.436. The number of amides is 1. The van der Waals surface area contributed by atoms with E-state index in [1.165, 1.54) is 40.3 Å². The van der Waals surface area contributed by atoms with Gasteiger partial charge in [-0.25, -0.2) is 14.1 Å². The second kappa shape index (κ2) is 8.97. The predicted octanol–water partition coefficient (Wildman–Crippen LogP) is 5.37. The zero-order chi connectivity index (χ0) is 22.8. The summed E-state index contributed by atoms with van der Waals surface area (Å²) in [5.74, 6) is 0.386. The summed E-state index contributed by atoms with van der Waals surface area (Å²) in [6, 6.07) is 11.1. The Bertz CT molecular complexity index is 1290. The van der Waals surface area contributed by atoms with Gasteiger partial charge in [-0.1, -0.05) is 11.6 Å². The van der Waals surface area contributed by atoms with E-state index in [1.54, 1.807) is 27.2 Å². The number of halogens is 2. The molecule has 2 heterocycles. The number of benzene rings is 2. The van der Waals surface area contributed by atoms with Crippen LogP contribution >= 0.6 is 22.9 Å². The van der Waals surface area contributed by atoms with Gasteiger partial charge < -0.3 is 9.47 Å². The highest BCUT2D eigenvalue weighted by Crippen LogP contribution is 2.34. The quantitative estimate of drug-likeness (QED) is 0.408. The lowest BCUT2D eigenvalue weighted by atomic mass is 10.1. The number of aryl methyl sites for hydroxylation is 1. The molecule has 0 spiro atoms. The van der Waals surface area contributed by atoms with Gasteiger partial charge in [0.25, 0.3) is 5.91 Å². The third-order valence-corrected chi connectivity index (χ3v) is 5.81. The lowest BCUT2D eigenvalue weighted by Crippen LogP contribution is -2.13. The molecule has 2 aromatic heterocycles. The van der Waals surface area contributed by atoms with E-state index in [4.69, 9.17) is 21.1 Å². The summed E-state index contributed by atoms with van der Waals surface area (Å²) >= 11 is 7.71. The van der Waals surface area contributed by atoms with Crippen molar-refractivity contribution in [3.63, 3.8) is 0 Å². The lowest BCUT2D eigenvalue weighted by Gasteiger charge is -2.08. The Morgan fingerprint density at radius 2 is 1.84 bits per heavy atom. The maximum absolute atomic E-state index is 13.2. The first kappa shape index (κ1) is 21.8. The maximum Gasteiger partial charge on any atom is 0.262 e. The standard InChI is InChI=1S/C22H18ClFN4O3S/c1-12-19(20(23)28(27-12)15-7-5-14(24)6-8-15)21(29)26-22-25-16(11-32-22)13-4-9-17(30-2)18(10-13)31-3/h4-11H,1-3H3,(H,25,26,29). The van der Waals surface area contributed by atoms with Crippen LogP contribution in [0.2, 0.25) is 5.15 Å². The molecule has 0 atom stereocenters. The van der Waals surface area contributed by atoms with Crippen molar-refractivity contribution < 1.29 is 18.7 Å². The van der Waals surface area contributed by atoms with Crippen LogP contribution in [0.4, 0.5) is 9.52 Å². The van der Waals surface area contributed by atoms with Crippen LogP contribution in [0, 0.1) is 12.7 Å². The number of hydrogen-bond donors (Lipinski definition) is 1. The highest BCUT2D eigenvalue weighted by Gasteiger charge is 2.22. The number of ether oxygens (including phenoxy) is 2. The number of rotatable bonds is 6. The highest BCUT2D eigenvalue weighted by molar-refractivity contribution is 7.14. The van der Waals surface area contributed by atoms with E-state index in [9.17, 15) is 9.18 Å². The van der Waals surface area contributed by atoms with E-state index in [2.05, 4.69) is 15.4 Å². The number of thiazole rings is 1. The zero-order valence-electron chi connectivity index (χ0n) is 17.3. The number of carbonyl (C=O) groups excluding carboxylic acids is 1. The van der Waals surface area contributed by atoms with Crippen LogP contribution in [0.15, 0.2) is 47.8 Å². The van der Waals surface area contributed by atoms with E-state index in [1.807, 2.05) is 17.5 Å². The topological polar surface area (TPSA) is 78.3 Å². The molecule has 1 N–H and O–H groups in total. The summed E-state index contributed by atoms with van der Waals surface area (Å²) in [4.78, 5) is 17.4. The Morgan fingerprint density at radius 1 is 1.12 bits per heavy atom. The first-order valence-corrected chi connectivity index (χ1v) is 10.7. The Hall–Kier alpha value is -3.43. The fraction of sp³-hybridized carbons (Fsp3) is 0.136. The molecule has 4 aromatic rings. The molecule has 2 aromatic carbocycles. The Morgan fingerprint density at radius 3 is 2.53 bits per heavy atom. The van der Waals surface area contributed by atoms with Crippen LogP contribution in [0.5, 0.6) is 11.5 Å². The first-order valence-electron chi connectivity index (χ1n) is 9.41. The van der Waals surface area contributed by atoms with E-state index < -0.39 is 5.91 Å². The molecule has 0 radical (unpaired) electrons. The molecule has 1 amide bonds. The summed E-state index contributed by atoms with van der Waals surface area (Å²) in [5, 5.41) is 9.45. The van der Waals surface area contributed by atoms with Crippen LogP contribution in [-0.2, 0) is 0 Å². The molecule has 7 nitrogen and oxygen atoms in total. The van der Waals surface area contributed by atoms with Gasteiger partial charge in [-0.3, -0.25) is 10.1 Å². The fourth-order valence-corrected chi connectivity index (χ4v) is 4.20. The minimum Gasteiger partial charge on any atom is -0.493 e. The third-order valence-electron chi connectivity index (χ3n) is 4.71. The van der Waals surface area contributed by atoms with Crippen molar-refractivity contribution in [2.45, 2.75) is 6.92 Å². The van der Waals surface area contributed by atoms with E-state index in [0.717, 1.165) is 5.56 Å². The van der Waals surface area contributed by atoms with Crippen LogP contribution < -0.4 is 14.8 Å². The molecule has 32 heavy (non-hydrogen) atoms. The molecule has 0 saturated carbocycles. The lowest BCUT2D eigenvalue weighted by molar-refractivity contribution is 0.102. The molecular formula is C22H18ClFN4O3S. The molecule has 4 rings (SSSR count). The van der Waals surface area contributed by atoms with Gasteiger partial charge in [0.15, 0.2) is 16.6 Å². The summed E-state index contributed by atoms with van der Waals surface area (Å²) in [6.45, 7) is 1.68. The van der Waals surface area contributed by atoms with E-state index in [-0.39, 0.29) is 16.5 Å². The fourth-order valence-electron chi connectivity index (χ4n) is 3.13. The Labute approximate surface area is 192 Å². The second-order valence-electron chi connectivity index (χ2n) is 6.70. The number of hydrogen-bond acceptors (Lipinski definition) is 6. The highest BCUT2D eigenvalue weighted by atomic mass is 35.5. The monoisotopic (exact) mass is 472 g/mol. The Kier molecular flexibility index (Phi) is 6.11.